The van der Waals surface area contributed by atoms with Crippen molar-refractivity contribution in [1.29, 1.82) is 0 Å². The van der Waals surface area contributed by atoms with Crippen molar-refractivity contribution >= 4 is 40.7 Å². The van der Waals surface area contributed by atoms with Gasteiger partial charge in [-0.2, -0.15) is 0 Å². The van der Waals surface area contributed by atoms with Crippen LogP contribution in [0.15, 0.2) is 71.2 Å². The van der Waals surface area contributed by atoms with Crippen molar-refractivity contribution in [3.63, 3.8) is 0 Å². The first-order chi connectivity index (χ1) is 16.6. The number of hydrogen-bond donors (Lipinski definition) is 1. The van der Waals surface area contributed by atoms with Crippen LogP contribution in [0.4, 0.5) is 5.69 Å². The molecule has 4 aromatic rings. The average molecular weight is 495 g/mol. The zero-order chi connectivity index (χ0) is 23.9. The third-order valence-corrected chi connectivity index (χ3v) is 6.50. The van der Waals surface area contributed by atoms with Crippen LogP contribution in [0, 0.1) is 0 Å². The minimum atomic E-state index is -0.427. The van der Waals surface area contributed by atoms with Gasteiger partial charge in [-0.1, -0.05) is 17.8 Å². The van der Waals surface area contributed by atoms with E-state index in [1.54, 1.807) is 35.6 Å². The van der Waals surface area contributed by atoms with Crippen molar-refractivity contribution in [2.45, 2.75) is 12.1 Å². The second-order valence-electron chi connectivity index (χ2n) is 6.95. The number of carbonyl (C=O) groups is 2. The van der Waals surface area contributed by atoms with Crippen molar-refractivity contribution < 1.29 is 19.1 Å². The van der Waals surface area contributed by atoms with Crippen molar-refractivity contribution in [3.05, 3.63) is 71.6 Å². The fourth-order valence-corrected chi connectivity index (χ4v) is 4.60. The fourth-order valence-electron chi connectivity index (χ4n) is 3.15. The van der Waals surface area contributed by atoms with Gasteiger partial charge in [0.05, 0.1) is 35.6 Å². The number of rotatable bonds is 9. The zero-order valence-electron chi connectivity index (χ0n) is 18.6. The van der Waals surface area contributed by atoms with Crippen LogP contribution in [0.5, 0.6) is 5.75 Å². The maximum Gasteiger partial charge on any atom is 0.337 e. The molecule has 1 N–H and O–H groups in total. The second kappa shape index (κ2) is 11.0. The van der Waals surface area contributed by atoms with Crippen LogP contribution in [0.1, 0.15) is 17.3 Å². The molecule has 2 heterocycles. The van der Waals surface area contributed by atoms with Crippen molar-refractivity contribution in [3.8, 4) is 22.1 Å². The summed E-state index contributed by atoms with van der Waals surface area (Å²) in [7, 11) is 1.32. The lowest BCUT2D eigenvalue weighted by Crippen LogP contribution is -2.14. The summed E-state index contributed by atoms with van der Waals surface area (Å²) in [5.74, 6) is 1.00. The van der Waals surface area contributed by atoms with Crippen LogP contribution >= 0.6 is 23.1 Å². The van der Waals surface area contributed by atoms with E-state index in [-0.39, 0.29) is 11.7 Å². The lowest BCUT2D eigenvalue weighted by molar-refractivity contribution is -0.113. The SMILES string of the molecule is CCOc1ccc(-n2c(SCC(=O)Nc3ccc(C(=O)OC)cc3)nnc2-c2cccs2)cc1. The van der Waals surface area contributed by atoms with Gasteiger partial charge in [0.2, 0.25) is 5.91 Å². The van der Waals surface area contributed by atoms with Gasteiger partial charge in [-0.25, -0.2) is 4.79 Å². The number of hydrogen-bond acceptors (Lipinski definition) is 8. The number of thioether (sulfide) groups is 1. The smallest absolute Gasteiger partial charge is 0.337 e. The molecule has 0 atom stereocenters. The summed E-state index contributed by atoms with van der Waals surface area (Å²) in [6.07, 6.45) is 0. The molecule has 2 aromatic carbocycles. The topological polar surface area (TPSA) is 95.3 Å². The van der Waals surface area contributed by atoms with E-state index in [1.165, 1.54) is 18.9 Å². The Labute approximate surface area is 204 Å². The predicted octanol–water partition coefficient (Wildman–Crippen LogP) is 4.91. The molecular formula is C24H22N4O4S2. The van der Waals surface area contributed by atoms with Crippen LogP contribution in [0.3, 0.4) is 0 Å². The van der Waals surface area contributed by atoms with Gasteiger partial charge in [0, 0.05) is 5.69 Å². The maximum atomic E-state index is 12.6. The molecule has 0 unspecified atom stereocenters. The summed E-state index contributed by atoms with van der Waals surface area (Å²) >= 11 is 2.86. The summed E-state index contributed by atoms with van der Waals surface area (Å²) in [4.78, 5) is 25.1. The number of amides is 1. The molecule has 0 bridgehead atoms. The van der Waals surface area contributed by atoms with Gasteiger partial charge >= 0.3 is 5.97 Å². The molecular weight excluding hydrogens is 472 g/mol. The standard InChI is InChI=1S/C24H22N4O4S2/c1-3-32-19-12-10-18(11-13-19)28-22(20-5-4-14-33-20)26-27-24(28)34-15-21(29)25-17-8-6-16(7-9-17)23(30)31-2/h4-14H,3,15H2,1-2H3,(H,25,29). The number of methoxy groups -OCH3 is 1. The Kier molecular flexibility index (Phi) is 7.61. The maximum absolute atomic E-state index is 12.6. The molecule has 8 nitrogen and oxygen atoms in total. The molecule has 0 fully saturated rings. The summed E-state index contributed by atoms with van der Waals surface area (Å²) in [5.41, 5.74) is 1.88. The number of carbonyl (C=O) groups excluding carboxylic acids is 2. The fraction of sp³-hybridized carbons (Fsp3) is 0.167. The molecule has 10 heteroatoms. The highest BCUT2D eigenvalue weighted by molar-refractivity contribution is 7.99. The Hall–Kier alpha value is -3.63. The van der Waals surface area contributed by atoms with Crippen LogP contribution < -0.4 is 10.1 Å². The van der Waals surface area contributed by atoms with Crippen LogP contribution in [0.25, 0.3) is 16.4 Å². The summed E-state index contributed by atoms with van der Waals surface area (Å²) in [6, 6.07) is 18.2. The van der Waals surface area contributed by atoms with Gasteiger partial charge in [-0.3, -0.25) is 9.36 Å². The van der Waals surface area contributed by atoms with Gasteiger partial charge in [0.1, 0.15) is 5.75 Å². The second-order valence-corrected chi connectivity index (χ2v) is 8.84. The van der Waals surface area contributed by atoms with E-state index in [4.69, 9.17) is 4.74 Å². The first kappa shape index (κ1) is 23.5. The number of ether oxygens (including phenoxy) is 2. The minimum absolute atomic E-state index is 0.137. The molecule has 34 heavy (non-hydrogen) atoms. The predicted molar refractivity (Wildman–Crippen MR) is 133 cm³/mol. The first-order valence-electron chi connectivity index (χ1n) is 10.4. The highest BCUT2D eigenvalue weighted by Crippen LogP contribution is 2.31. The molecule has 2 aromatic heterocycles. The zero-order valence-corrected chi connectivity index (χ0v) is 20.2. The Morgan fingerprint density at radius 3 is 2.47 bits per heavy atom. The normalized spacial score (nSPS) is 10.6. The van der Waals surface area contributed by atoms with E-state index in [1.807, 2.05) is 53.3 Å². The van der Waals surface area contributed by atoms with Crippen molar-refractivity contribution in [2.24, 2.45) is 0 Å². The molecule has 174 valence electrons. The Morgan fingerprint density at radius 2 is 1.82 bits per heavy atom. The van der Waals surface area contributed by atoms with Crippen molar-refractivity contribution in [1.82, 2.24) is 14.8 Å². The quantitative estimate of drug-likeness (QED) is 0.261. The lowest BCUT2D eigenvalue weighted by atomic mass is 10.2. The summed E-state index contributed by atoms with van der Waals surface area (Å²) in [6.45, 7) is 2.53. The van der Waals surface area contributed by atoms with E-state index in [2.05, 4.69) is 20.3 Å². The molecule has 0 aliphatic rings. The third-order valence-electron chi connectivity index (χ3n) is 4.70. The highest BCUT2D eigenvalue weighted by Gasteiger charge is 2.18. The molecule has 0 radical (unpaired) electrons. The Bertz CT molecular complexity index is 1250. The Balaban J connectivity index is 1.50. The number of nitrogens with one attached hydrogen (secondary N) is 1. The summed E-state index contributed by atoms with van der Waals surface area (Å²) in [5, 5.41) is 14.1. The number of anilines is 1. The van der Waals surface area contributed by atoms with Crippen LogP contribution in [-0.4, -0.2) is 46.1 Å². The van der Waals surface area contributed by atoms with E-state index < -0.39 is 5.97 Å². The van der Waals surface area contributed by atoms with E-state index >= 15 is 0 Å². The van der Waals surface area contributed by atoms with Crippen LogP contribution in [0.2, 0.25) is 0 Å². The Morgan fingerprint density at radius 1 is 1.06 bits per heavy atom. The first-order valence-corrected chi connectivity index (χ1v) is 12.3. The number of esters is 1. The third kappa shape index (κ3) is 5.46. The average Bonchev–Trinajstić information content (AvgIpc) is 3.53. The van der Waals surface area contributed by atoms with E-state index in [0.717, 1.165) is 16.3 Å². The van der Waals surface area contributed by atoms with E-state index in [9.17, 15) is 9.59 Å². The van der Waals surface area contributed by atoms with Crippen molar-refractivity contribution in [2.75, 3.05) is 24.8 Å². The molecule has 0 aliphatic heterocycles. The van der Waals surface area contributed by atoms with Gasteiger partial charge in [-0.05, 0) is 66.9 Å². The van der Waals surface area contributed by atoms with Gasteiger partial charge in [-0.15, -0.1) is 21.5 Å². The number of benzene rings is 2. The molecule has 4 rings (SSSR count). The number of thiophene rings is 1. The lowest BCUT2D eigenvalue weighted by Gasteiger charge is -2.11. The van der Waals surface area contributed by atoms with Gasteiger partial charge < -0.3 is 14.8 Å². The molecule has 1 amide bonds. The monoisotopic (exact) mass is 494 g/mol. The summed E-state index contributed by atoms with van der Waals surface area (Å²) < 4.78 is 12.2. The molecule has 0 aliphatic carbocycles. The minimum Gasteiger partial charge on any atom is -0.494 e. The molecule has 0 saturated carbocycles. The van der Waals surface area contributed by atoms with Gasteiger partial charge in [0.25, 0.3) is 0 Å². The van der Waals surface area contributed by atoms with Gasteiger partial charge in [0.15, 0.2) is 11.0 Å². The number of nitrogens with zero attached hydrogens (tertiary/aromatic N) is 3. The molecule has 0 spiro atoms. The highest BCUT2D eigenvalue weighted by atomic mass is 32.2. The largest absolute Gasteiger partial charge is 0.494 e. The number of aromatic nitrogens is 3. The van der Waals surface area contributed by atoms with Crippen LogP contribution in [-0.2, 0) is 9.53 Å². The molecule has 0 saturated heterocycles. The van der Waals surface area contributed by atoms with E-state index in [0.29, 0.717) is 28.8 Å².